The van der Waals surface area contributed by atoms with Gasteiger partial charge in [0.25, 0.3) is 5.91 Å². The predicted octanol–water partition coefficient (Wildman–Crippen LogP) is 0.643. The molecule has 4 nitrogen and oxygen atoms in total. The number of carbonyl (C=O) groups excluding carboxylic acids is 1. The van der Waals surface area contributed by atoms with Crippen LogP contribution in [0.4, 0.5) is 0 Å². The third kappa shape index (κ3) is 6.76. The van der Waals surface area contributed by atoms with Gasteiger partial charge in [0.1, 0.15) is 5.60 Å². The molecule has 5 heteroatoms. The summed E-state index contributed by atoms with van der Waals surface area (Å²) in [7, 11) is 1.52. The lowest BCUT2D eigenvalue weighted by Gasteiger charge is -2.21. The second-order valence-corrected chi connectivity index (χ2v) is 4.88. The minimum absolute atomic E-state index is 0.0900. The van der Waals surface area contributed by atoms with Gasteiger partial charge in [0.15, 0.2) is 0 Å². The molecule has 0 radical (unpaired) electrons. The number of hydrogen-bond acceptors (Lipinski definition) is 4. The Morgan fingerprint density at radius 3 is 2.67 bits per heavy atom. The first-order valence-corrected chi connectivity index (χ1v) is 6.22. The molecule has 0 unspecified atom stereocenters. The molecule has 0 aromatic heterocycles. The van der Waals surface area contributed by atoms with Crippen molar-refractivity contribution < 1.29 is 14.6 Å². The average Bonchev–Trinajstić information content (AvgIpc) is 2.22. The highest BCUT2D eigenvalue weighted by Gasteiger charge is 2.25. The second-order valence-electron chi connectivity index (χ2n) is 3.66. The van der Waals surface area contributed by atoms with Gasteiger partial charge in [-0.05, 0) is 26.0 Å². The maximum absolute atomic E-state index is 11.5. The Morgan fingerprint density at radius 2 is 2.13 bits per heavy atom. The van der Waals surface area contributed by atoms with Gasteiger partial charge in [-0.1, -0.05) is 0 Å². The van der Waals surface area contributed by atoms with Crippen LogP contribution in [0.5, 0.6) is 0 Å². The molecule has 0 aromatic carbocycles. The number of carbonyl (C=O) groups is 1. The van der Waals surface area contributed by atoms with Gasteiger partial charge in [0.05, 0.1) is 0 Å². The monoisotopic (exact) mass is 235 g/mol. The molecule has 0 aliphatic heterocycles. The summed E-state index contributed by atoms with van der Waals surface area (Å²) >= 11 is 1.72. The molecule has 0 saturated carbocycles. The van der Waals surface area contributed by atoms with E-state index in [1.165, 1.54) is 7.11 Å². The van der Waals surface area contributed by atoms with Gasteiger partial charge in [0, 0.05) is 26.0 Å². The Bertz CT molecular complexity index is 186. The van der Waals surface area contributed by atoms with Crippen molar-refractivity contribution in [3.8, 4) is 0 Å². The van der Waals surface area contributed by atoms with E-state index in [2.05, 4.69) is 5.32 Å². The first-order valence-electron chi connectivity index (χ1n) is 5.06. The van der Waals surface area contributed by atoms with Crippen LogP contribution in [-0.4, -0.2) is 48.4 Å². The number of aliphatic hydroxyl groups is 1. The summed E-state index contributed by atoms with van der Waals surface area (Å²) in [6.45, 7) is 4.35. The maximum atomic E-state index is 11.5. The number of amides is 1. The molecule has 2 N–H and O–H groups in total. The highest BCUT2D eigenvalue weighted by Crippen LogP contribution is 2.07. The Kier molecular flexibility index (Phi) is 7.82. The van der Waals surface area contributed by atoms with Crippen LogP contribution >= 0.6 is 11.8 Å². The van der Waals surface area contributed by atoms with Crippen molar-refractivity contribution in [2.45, 2.75) is 25.9 Å². The summed E-state index contributed by atoms with van der Waals surface area (Å²) in [5.41, 5.74) is -0.754. The van der Waals surface area contributed by atoms with E-state index in [0.717, 1.165) is 17.9 Å². The van der Waals surface area contributed by atoms with Gasteiger partial charge in [-0.3, -0.25) is 4.79 Å². The molecule has 0 spiro atoms. The fraction of sp³-hybridized carbons (Fsp3) is 0.900. The molecule has 0 rings (SSSR count). The first-order chi connectivity index (χ1) is 7.04. The lowest BCUT2D eigenvalue weighted by Crippen LogP contribution is -2.44. The normalized spacial score (nSPS) is 11.5. The van der Waals surface area contributed by atoms with Crippen molar-refractivity contribution in [3.63, 3.8) is 0 Å². The van der Waals surface area contributed by atoms with E-state index in [0.29, 0.717) is 6.54 Å². The van der Waals surface area contributed by atoms with E-state index in [4.69, 9.17) is 9.84 Å². The van der Waals surface area contributed by atoms with Crippen LogP contribution in [0.2, 0.25) is 0 Å². The lowest BCUT2D eigenvalue weighted by molar-refractivity contribution is -0.139. The van der Waals surface area contributed by atoms with E-state index in [1.54, 1.807) is 25.6 Å². The molecular formula is C10H21NO3S. The molecule has 1 amide bonds. The summed E-state index contributed by atoms with van der Waals surface area (Å²) in [5, 5.41) is 11.4. The SMILES string of the molecule is COC(C)(C)C(=O)NCCSCCCO. The highest BCUT2D eigenvalue weighted by atomic mass is 32.2. The molecule has 0 atom stereocenters. The zero-order chi connectivity index (χ0) is 11.7. The standard InChI is InChI=1S/C10H21NO3S/c1-10(2,14-3)9(13)11-5-8-15-7-4-6-12/h12H,4-8H2,1-3H3,(H,11,13). The van der Waals surface area contributed by atoms with E-state index < -0.39 is 5.60 Å². The van der Waals surface area contributed by atoms with Crippen LogP contribution in [0, 0.1) is 0 Å². The number of hydrogen-bond donors (Lipinski definition) is 2. The second kappa shape index (κ2) is 7.96. The van der Waals surface area contributed by atoms with Gasteiger partial charge in [0.2, 0.25) is 0 Å². The largest absolute Gasteiger partial charge is 0.396 e. The topological polar surface area (TPSA) is 58.6 Å². The summed E-state index contributed by atoms with van der Waals surface area (Å²) in [6.07, 6.45) is 0.808. The molecule has 0 bridgehead atoms. The van der Waals surface area contributed by atoms with Gasteiger partial charge in [-0.15, -0.1) is 0 Å². The van der Waals surface area contributed by atoms with E-state index in [9.17, 15) is 4.79 Å². The van der Waals surface area contributed by atoms with Gasteiger partial charge < -0.3 is 15.2 Å². The third-order valence-corrected chi connectivity index (χ3v) is 3.11. The van der Waals surface area contributed by atoms with Crippen LogP contribution < -0.4 is 5.32 Å². The summed E-state index contributed by atoms with van der Waals surface area (Å²) in [6, 6.07) is 0. The van der Waals surface area contributed by atoms with Crippen LogP contribution in [-0.2, 0) is 9.53 Å². The molecule has 0 saturated heterocycles. The Balaban J connectivity index is 3.47. The molecule has 0 fully saturated rings. The van der Waals surface area contributed by atoms with Crippen LogP contribution in [0.15, 0.2) is 0 Å². The zero-order valence-electron chi connectivity index (χ0n) is 9.71. The van der Waals surface area contributed by atoms with Crippen molar-refractivity contribution in [1.29, 1.82) is 0 Å². The molecule has 0 aliphatic rings. The van der Waals surface area contributed by atoms with Crippen molar-refractivity contribution in [2.24, 2.45) is 0 Å². The van der Waals surface area contributed by atoms with E-state index in [-0.39, 0.29) is 12.5 Å². The summed E-state index contributed by atoms with van der Waals surface area (Å²) in [4.78, 5) is 11.5. The minimum Gasteiger partial charge on any atom is -0.396 e. The number of ether oxygens (including phenoxy) is 1. The average molecular weight is 235 g/mol. The molecule has 0 aliphatic carbocycles. The zero-order valence-corrected chi connectivity index (χ0v) is 10.5. The van der Waals surface area contributed by atoms with Gasteiger partial charge in [-0.2, -0.15) is 11.8 Å². The van der Waals surface area contributed by atoms with Crippen molar-refractivity contribution >= 4 is 17.7 Å². The van der Waals surface area contributed by atoms with Gasteiger partial charge in [-0.25, -0.2) is 0 Å². The number of methoxy groups -OCH3 is 1. The molecular weight excluding hydrogens is 214 g/mol. The quantitative estimate of drug-likeness (QED) is 0.606. The first kappa shape index (κ1) is 14.7. The van der Waals surface area contributed by atoms with E-state index >= 15 is 0 Å². The van der Waals surface area contributed by atoms with E-state index in [1.807, 2.05) is 0 Å². The van der Waals surface area contributed by atoms with Crippen molar-refractivity contribution in [2.75, 3.05) is 31.8 Å². The third-order valence-electron chi connectivity index (χ3n) is 2.04. The number of rotatable bonds is 8. The van der Waals surface area contributed by atoms with Gasteiger partial charge >= 0.3 is 0 Å². The highest BCUT2D eigenvalue weighted by molar-refractivity contribution is 7.99. The number of thioether (sulfide) groups is 1. The molecule has 0 aromatic rings. The van der Waals surface area contributed by atoms with Crippen molar-refractivity contribution in [3.05, 3.63) is 0 Å². The Labute approximate surface area is 95.8 Å². The number of nitrogens with one attached hydrogen (secondary N) is 1. The Morgan fingerprint density at radius 1 is 1.47 bits per heavy atom. The lowest BCUT2D eigenvalue weighted by atomic mass is 10.1. The fourth-order valence-corrected chi connectivity index (χ4v) is 1.59. The fourth-order valence-electron chi connectivity index (χ4n) is 0.811. The van der Waals surface area contributed by atoms with Crippen molar-refractivity contribution in [1.82, 2.24) is 5.32 Å². The number of aliphatic hydroxyl groups excluding tert-OH is 1. The summed E-state index contributed by atoms with van der Waals surface area (Å²) < 4.78 is 5.04. The Hall–Kier alpha value is -0.260. The maximum Gasteiger partial charge on any atom is 0.251 e. The molecule has 0 heterocycles. The predicted molar refractivity (Wildman–Crippen MR) is 63.1 cm³/mol. The minimum atomic E-state index is -0.754. The smallest absolute Gasteiger partial charge is 0.251 e. The van der Waals surface area contributed by atoms with Crippen LogP contribution in [0.3, 0.4) is 0 Å². The van der Waals surface area contributed by atoms with Crippen LogP contribution in [0.1, 0.15) is 20.3 Å². The molecule has 90 valence electrons. The summed E-state index contributed by atoms with van der Waals surface area (Å²) in [5.74, 6) is 1.71. The van der Waals surface area contributed by atoms with Crippen LogP contribution in [0.25, 0.3) is 0 Å². The molecule has 15 heavy (non-hydrogen) atoms.